The molecule has 0 radical (unpaired) electrons. The molecule has 2 nitrogen and oxygen atoms in total. The number of aliphatic hydroxyl groups is 1. The fraction of sp³-hybridized carbons (Fsp3) is 0.571. The van der Waals surface area contributed by atoms with Crippen molar-refractivity contribution in [1.82, 2.24) is 0 Å². The van der Waals surface area contributed by atoms with Gasteiger partial charge in [0.25, 0.3) is 0 Å². The number of rotatable bonds is 4. The highest BCUT2D eigenvalue weighted by Gasteiger charge is 2.24. The van der Waals surface area contributed by atoms with E-state index in [9.17, 15) is 5.11 Å². The largest absolute Gasteiger partial charge is 0.396 e. The van der Waals surface area contributed by atoms with Crippen LogP contribution in [0.3, 0.4) is 0 Å². The Bertz CT molecular complexity index is 297. The highest BCUT2D eigenvalue weighted by molar-refractivity contribution is 5.13. The Morgan fingerprint density at radius 2 is 1.88 bits per heavy atom. The molecule has 1 aliphatic carbocycles. The second kappa shape index (κ2) is 6.02. The van der Waals surface area contributed by atoms with Gasteiger partial charge >= 0.3 is 0 Å². The van der Waals surface area contributed by atoms with E-state index in [1.165, 1.54) is 18.4 Å². The summed E-state index contributed by atoms with van der Waals surface area (Å²) in [7, 11) is 0. The van der Waals surface area contributed by atoms with Crippen molar-refractivity contribution in [2.75, 3.05) is 6.61 Å². The maximum atomic E-state index is 9.28. The van der Waals surface area contributed by atoms with Crippen molar-refractivity contribution in [2.45, 2.75) is 38.4 Å². The lowest BCUT2D eigenvalue weighted by atomic mass is 9.87. The van der Waals surface area contributed by atoms with Gasteiger partial charge in [0.15, 0.2) is 0 Å². The van der Waals surface area contributed by atoms with Crippen LogP contribution in [0.2, 0.25) is 0 Å². The molecule has 0 aromatic heterocycles. The van der Waals surface area contributed by atoms with Gasteiger partial charge in [-0.25, -0.2) is 0 Å². The van der Waals surface area contributed by atoms with Gasteiger partial charge in [0.2, 0.25) is 0 Å². The Morgan fingerprint density at radius 1 is 1.12 bits per heavy atom. The van der Waals surface area contributed by atoms with E-state index in [1.807, 2.05) is 18.2 Å². The molecule has 1 fully saturated rings. The van der Waals surface area contributed by atoms with E-state index < -0.39 is 0 Å². The minimum atomic E-state index is 0.249. The standard InChI is InChI=1S/C14H20O2/c15-10-13-8-4-5-9-14(13)16-11-12-6-2-1-3-7-12/h1-3,6-7,13-15H,4-5,8-11H2. The van der Waals surface area contributed by atoms with Gasteiger partial charge in [-0.3, -0.25) is 0 Å². The van der Waals surface area contributed by atoms with Crippen LogP contribution in [0.15, 0.2) is 30.3 Å². The Kier molecular flexibility index (Phi) is 4.37. The summed E-state index contributed by atoms with van der Waals surface area (Å²) in [5.74, 6) is 0.345. The van der Waals surface area contributed by atoms with E-state index in [1.54, 1.807) is 0 Å². The number of hydrogen-bond donors (Lipinski definition) is 1. The Balaban J connectivity index is 1.84. The molecule has 1 aliphatic rings. The molecule has 2 rings (SSSR count). The number of aliphatic hydroxyl groups excluding tert-OH is 1. The monoisotopic (exact) mass is 220 g/mol. The predicted octanol–water partition coefficient (Wildman–Crippen LogP) is 2.75. The number of hydrogen-bond acceptors (Lipinski definition) is 2. The molecule has 1 saturated carbocycles. The van der Waals surface area contributed by atoms with Gasteiger partial charge in [-0.2, -0.15) is 0 Å². The molecule has 1 aromatic carbocycles. The minimum Gasteiger partial charge on any atom is -0.396 e. The Labute approximate surface area is 97.3 Å². The molecule has 16 heavy (non-hydrogen) atoms. The lowest BCUT2D eigenvalue weighted by molar-refractivity contribution is -0.0374. The summed E-state index contributed by atoms with van der Waals surface area (Å²) in [6.45, 7) is 0.932. The zero-order valence-electron chi connectivity index (χ0n) is 9.64. The molecule has 0 heterocycles. The lowest BCUT2D eigenvalue weighted by Gasteiger charge is -2.30. The van der Waals surface area contributed by atoms with Crippen LogP contribution >= 0.6 is 0 Å². The van der Waals surface area contributed by atoms with E-state index in [4.69, 9.17) is 4.74 Å². The van der Waals surface area contributed by atoms with Crippen LogP contribution in [-0.2, 0) is 11.3 Å². The summed E-state index contributed by atoms with van der Waals surface area (Å²) in [5.41, 5.74) is 1.21. The highest BCUT2D eigenvalue weighted by atomic mass is 16.5. The number of ether oxygens (including phenoxy) is 1. The summed E-state index contributed by atoms with van der Waals surface area (Å²) >= 11 is 0. The quantitative estimate of drug-likeness (QED) is 0.845. The molecule has 0 aliphatic heterocycles. The maximum absolute atomic E-state index is 9.28. The smallest absolute Gasteiger partial charge is 0.0720 e. The SMILES string of the molecule is OCC1CCCCC1OCc1ccccc1. The summed E-state index contributed by atoms with van der Waals surface area (Å²) in [4.78, 5) is 0. The molecule has 1 N–H and O–H groups in total. The van der Waals surface area contributed by atoms with Gasteiger partial charge in [0, 0.05) is 12.5 Å². The summed E-state index contributed by atoms with van der Waals surface area (Å²) in [5, 5.41) is 9.28. The van der Waals surface area contributed by atoms with E-state index in [0.717, 1.165) is 12.8 Å². The van der Waals surface area contributed by atoms with Crippen LogP contribution < -0.4 is 0 Å². The van der Waals surface area contributed by atoms with E-state index in [-0.39, 0.29) is 12.7 Å². The van der Waals surface area contributed by atoms with Crippen molar-refractivity contribution >= 4 is 0 Å². The van der Waals surface area contributed by atoms with Crippen LogP contribution in [0, 0.1) is 5.92 Å². The average Bonchev–Trinajstić information content (AvgIpc) is 2.38. The first-order valence-corrected chi connectivity index (χ1v) is 6.16. The molecular formula is C14H20O2. The lowest BCUT2D eigenvalue weighted by Crippen LogP contribution is -2.30. The average molecular weight is 220 g/mol. The van der Waals surface area contributed by atoms with Gasteiger partial charge in [-0.05, 0) is 18.4 Å². The molecule has 88 valence electrons. The van der Waals surface area contributed by atoms with Crippen molar-refractivity contribution in [3.05, 3.63) is 35.9 Å². The van der Waals surface area contributed by atoms with Crippen LogP contribution in [0.1, 0.15) is 31.2 Å². The zero-order chi connectivity index (χ0) is 11.2. The number of benzene rings is 1. The Hall–Kier alpha value is -0.860. The maximum Gasteiger partial charge on any atom is 0.0720 e. The third kappa shape index (κ3) is 3.06. The second-order valence-electron chi connectivity index (χ2n) is 4.56. The topological polar surface area (TPSA) is 29.5 Å². The van der Waals surface area contributed by atoms with Crippen molar-refractivity contribution in [1.29, 1.82) is 0 Å². The van der Waals surface area contributed by atoms with Crippen LogP contribution in [0.5, 0.6) is 0 Å². The van der Waals surface area contributed by atoms with Crippen LogP contribution in [0.25, 0.3) is 0 Å². The molecule has 2 atom stereocenters. The van der Waals surface area contributed by atoms with Crippen LogP contribution in [0.4, 0.5) is 0 Å². The molecule has 0 saturated heterocycles. The van der Waals surface area contributed by atoms with Gasteiger partial charge in [0.05, 0.1) is 12.7 Å². The third-order valence-corrected chi connectivity index (χ3v) is 3.38. The fourth-order valence-electron chi connectivity index (χ4n) is 2.38. The van der Waals surface area contributed by atoms with Crippen molar-refractivity contribution < 1.29 is 9.84 Å². The second-order valence-corrected chi connectivity index (χ2v) is 4.56. The molecule has 1 aromatic rings. The van der Waals surface area contributed by atoms with Gasteiger partial charge in [0.1, 0.15) is 0 Å². The molecule has 0 amide bonds. The molecule has 0 spiro atoms. The third-order valence-electron chi connectivity index (χ3n) is 3.38. The Morgan fingerprint density at radius 3 is 2.62 bits per heavy atom. The first-order valence-electron chi connectivity index (χ1n) is 6.16. The zero-order valence-corrected chi connectivity index (χ0v) is 9.64. The van der Waals surface area contributed by atoms with E-state index >= 15 is 0 Å². The normalized spacial score (nSPS) is 25.6. The first-order chi connectivity index (χ1) is 7.90. The van der Waals surface area contributed by atoms with Gasteiger partial charge < -0.3 is 9.84 Å². The molecular weight excluding hydrogens is 200 g/mol. The summed E-state index contributed by atoms with van der Waals surface area (Å²) in [6.07, 6.45) is 4.92. The van der Waals surface area contributed by atoms with Gasteiger partial charge in [-0.15, -0.1) is 0 Å². The predicted molar refractivity (Wildman–Crippen MR) is 64.1 cm³/mol. The van der Waals surface area contributed by atoms with Crippen molar-refractivity contribution in [2.24, 2.45) is 5.92 Å². The van der Waals surface area contributed by atoms with Crippen molar-refractivity contribution in [3.8, 4) is 0 Å². The highest BCUT2D eigenvalue weighted by Crippen LogP contribution is 2.27. The minimum absolute atomic E-state index is 0.249. The van der Waals surface area contributed by atoms with E-state index in [0.29, 0.717) is 12.5 Å². The first kappa shape index (κ1) is 11.6. The molecule has 0 bridgehead atoms. The van der Waals surface area contributed by atoms with Crippen molar-refractivity contribution in [3.63, 3.8) is 0 Å². The van der Waals surface area contributed by atoms with E-state index in [2.05, 4.69) is 12.1 Å². The fourth-order valence-corrected chi connectivity index (χ4v) is 2.38. The molecule has 2 heteroatoms. The van der Waals surface area contributed by atoms with Crippen LogP contribution in [-0.4, -0.2) is 17.8 Å². The molecule has 2 unspecified atom stereocenters. The summed E-state index contributed by atoms with van der Waals surface area (Å²) < 4.78 is 5.91. The van der Waals surface area contributed by atoms with Gasteiger partial charge in [-0.1, -0.05) is 43.2 Å². The summed E-state index contributed by atoms with van der Waals surface area (Å²) in [6, 6.07) is 10.2.